The molecule has 1 aliphatic heterocycles. The Kier molecular flexibility index (Phi) is 3.84. The molecule has 0 aliphatic carbocycles. The van der Waals surface area contributed by atoms with Crippen molar-refractivity contribution < 1.29 is 9.53 Å². The Morgan fingerprint density at radius 1 is 1.35 bits per heavy atom. The first kappa shape index (κ1) is 12.6. The first-order valence-electron chi connectivity index (χ1n) is 5.76. The van der Waals surface area contributed by atoms with Crippen molar-refractivity contribution in [2.45, 2.75) is 26.1 Å². The fraction of sp³-hybridized carbons (Fsp3) is 0.462. The Bertz CT molecular complexity index is 412. The van der Waals surface area contributed by atoms with E-state index in [1.807, 2.05) is 43.0 Å². The summed E-state index contributed by atoms with van der Waals surface area (Å²) >= 11 is 3.38. The Balaban J connectivity index is 2.14. The largest absolute Gasteiger partial charge is 0.372 e. The third kappa shape index (κ3) is 3.07. The lowest BCUT2D eigenvalue weighted by Crippen LogP contribution is -2.48. The zero-order valence-electron chi connectivity index (χ0n) is 10.0. The Morgan fingerprint density at radius 2 is 2.00 bits per heavy atom. The lowest BCUT2D eigenvalue weighted by molar-refractivity contribution is -0.0586. The maximum atomic E-state index is 12.3. The minimum atomic E-state index is 0.0771. The lowest BCUT2D eigenvalue weighted by atomic mass is 10.1. The Morgan fingerprint density at radius 3 is 2.59 bits per heavy atom. The molecule has 2 atom stereocenters. The number of halogens is 1. The molecule has 0 saturated carbocycles. The average Bonchev–Trinajstić information content (AvgIpc) is 2.26. The molecule has 0 radical (unpaired) electrons. The molecule has 2 unspecified atom stereocenters. The number of nitrogens with zero attached hydrogens (tertiary/aromatic N) is 1. The molecule has 0 spiro atoms. The van der Waals surface area contributed by atoms with Gasteiger partial charge < -0.3 is 9.64 Å². The van der Waals surface area contributed by atoms with Crippen molar-refractivity contribution in [2.24, 2.45) is 0 Å². The van der Waals surface area contributed by atoms with Crippen LogP contribution < -0.4 is 0 Å². The normalized spacial score (nSPS) is 24.8. The Hall–Kier alpha value is -0.870. The van der Waals surface area contributed by atoms with E-state index in [0.717, 1.165) is 10.0 Å². The highest BCUT2D eigenvalue weighted by Gasteiger charge is 2.26. The maximum Gasteiger partial charge on any atom is 0.254 e. The summed E-state index contributed by atoms with van der Waals surface area (Å²) in [4.78, 5) is 14.2. The van der Waals surface area contributed by atoms with Crippen LogP contribution in [0.4, 0.5) is 0 Å². The zero-order chi connectivity index (χ0) is 12.4. The summed E-state index contributed by atoms with van der Waals surface area (Å²) in [6.45, 7) is 5.32. The van der Waals surface area contributed by atoms with Crippen molar-refractivity contribution >= 4 is 21.8 Å². The SMILES string of the molecule is CC1CN(C(=O)c2cccc(Br)c2)CC(C)O1. The lowest BCUT2D eigenvalue weighted by Gasteiger charge is -2.35. The van der Waals surface area contributed by atoms with Crippen LogP contribution in [0.15, 0.2) is 28.7 Å². The number of hydrogen-bond acceptors (Lipinski definition) is 2. The predicted molar refractivity (Wildman–Crippen MR) is 70.1 cm³/mol. The molecule has 3 nitrogen and oxygen atoms in total. The summed E-state index contributed by atoms with van der Waals surface area (Å²) in [6, 6.07) is 7.50. The van der Waals surface area contributed by atoms with Crippen LogP contribution in [-0.2, 0) is 4.74 Å². The van der Waals surface area contributed by atoms with Crippen LogP contribution in [0.2, 0.25) is 0 Å². The minimum Gasteiger partial charge on any atom is -0.372 e. The van der Waals surface area contributed by atoms with Crippen LogP contribution in [-0.4, -0.2) is 36.1 Å². The van der Waals surface area contributed by atoms with Gasteiger partial charge in [0.05, 0.1) is 12.2 Å². The quantitative estimate of drug-likeness (QED) is 0.798. The standard InChI is InChI=1S/C13H16BrNO2/c1-9-7-15(8-10(2)17-9)13(16)11-4-3-5-12(14)6-11/h3-6,9-10H,7-8H2,1-2H3. The average molecular weight is 298 g/mol. The van der Waals surface area contributed by atoms with Crippen molar-refractivity contribution in [1.29, 1.82) is 0 Å². The number of carbonyl (C=O) groups is 1. The number of amides is 1. The summed E-state index contributed by atoms with van der Waals surface area (Å²) < 4.78 is 6.55. The van der Waals surface area contributed by atoms with Crippen LogP contribution in [0, 0.1) is 0 Å². The second-order valence-corrected chi connectivity index (χ2v) is 5.39. The highest BCUT2D eigenvalue weighted by molar-refractivity contribution is 9.10. The molecular formula is C13H16BrNO2. The summed E-state index contributed by atoms with van der Waals surface area (Å²) in [6.07, 6.45) is 0.213. The summed E-state index contributed by atoms with van der Waals surface area (Å²) in [7, 11) is 0. The molecule has 0 bridgehead atoms. The molecule has 17 heavy (non-hydrogen) atoms. The molecule has 1 aromatic carbocycles. The molecule has 1 aromatic rings. The van der Waals surface area contributed by atoms with Crippen LogP contribution >= 0.6 is 15.9 Å². The van der Waals surface area contributed by atoms with E-state index in [2.05, 4.69) is 15.9 Å². The van der Waals surface area contributed by atoms with Crippen LogP contribution in [0.25, 0.3) is 0 Å². The van der Waals surface area contributed by atoms with E-state index in [-0.39, 0.29) is 18.1 Å². The number of carbonyl (C=O) groups excluding carboxylic acids is 1. The van der Waals surface area contributed by atoms with Gasteiger partial charge in [0.25, 0.3) is 5.91 Å². The van der Waals surface area contributed by atoms with E-state index in [9.17, 15) is 4.79 Å². The second-order valence-electron chi connectivity index (χ2n) is 4.48. The van der Waals surface area contributed by atoms with Crippen molar-refractivity contribution in [3.63, 3.8) is 0 Å². The molecule has 1 heterocycles. The smallest absolute Gasteiger partial charge is 0.254 e. The van der Waals surface area contributed by atoms with Gasteiger partial charge in [0.15, 0.2) is 0 Å². The van der Waals surface area contributed by atoms with E-state index >= 15 is 0 Å². The van der Waals surface area contributed by atoms with E-state index < -0.39 is 0 Å². The van der Waals surface area contributed by atoms with Crippen molar-refractivity contribution in [3.05, 3.63) is 34.3 Å². The third-order valence-electron chi connectivity index (χ3n) is 2.78. The van der Waals surface area contributed by atoms with Crippen molar-refractivity contribution in [2.75, 3.05) is 13.1 Å². The van der Waals surface area contributed by atoms with Gasteiger partial charge in [-0.1, -0.05) is 22.0 Å². The van der Waals surface area contributed by atoms with Gasteiger partial charge in [-0.25, -0.2) is 0 Å². The molecular weight excluding hydrogens is 282 g/mol. The maximum absolute atomic E-state index is 12.3. The summed E-state index contributed by atoms with van der Waals surface area (Å²) in [5, 5.41) is 0. The molecule has 2 rings (SSSR count). The molecule has 4 heteroatoms. The van der Waals surface area contributed by atoms with Crippen molar-refractivity contribution in [1.82, 2.24) is 4.90 Å². The van der Waals surface area contributed by atoms with Gasteiger partial charge in [-0.05, 0) is 32.0 Å². The molecule has 1 saturated heterocycles. The summed E-state index contributed by atoms with van der Waals surface area (Å²) in [5.41, 5.74) is 0.723. The molecule has 92 valence electrons. The van der Waals surface area contributed by atoms with E-state index in [0.29, 0.717) is 13.1 Å². The van der Waals surface area contributed by atoms with E-state index in [1.54, 1.807) is 0 Å². The molecule has 1 amide bonds. The van der Waals surface area contributed by atoms with Gasteiger partial charge in [-0.3, -0.25) is 4.79 Å². The first-order chi connectivity index (χ1) is 8.06. The fourth-order valence-electron chi connectivity index (χ4n) is 2.15. The second kappa shape index (κ2) is 5.19. The molecule has 1 fully saturated rings. The minimum absolute atomic E-state index is 0.0771. The van der Waals surface area contributed by atoms with Crippen LogP contribution in [0.3, 0.4) is 0 Å². The highest BCUT2D eigenvalue weighted by Crippen LogP contribution is 2.17. The number of ether oxygens (including phenoxy) is 1. The predicted octanol–water partition coefficient (Wildman–Crippen LogP) is 2.70. The monoisotopic (exact) mass is 297 g/mol. The van der Waals surface area contributed by atoms with Gasteiger partial charge >= 0.3 is 0 Å². The third-order valence-corrected chi connectivity index (χ3v) is 3.27. The van der Waals surface area contributed by atoms with Crippen molar-refractivity contribution in [3.8, 4) is 0 Å². The first-order valence-corrected chi connectivity index (χ1v) is 6.56. The van der Waals surface area contributed by atoms with Gasteiger partial charge in [0.2, 0.25) is 0 Å². The van der Waals surface area contributed by atoms with Crippen LogP contribution in [0.1, 0.15) is 24.2 Å². The molecule has 0 aromatic heterocycles. The van der Waals surface area contributed by atoms with Gasteiger partial charge in [0.1, 0.15) is 0 Å². The van der Waals surface area contributed by atoms with Gasteiger partial charge in [-0.15, -0.1) is 0 Å². The number of benzene rings is 1. The zero-order valence-corrected chi connectivity index (χ0v) is 11.6. The number of morpholine rings is 1. The highest BCUT2D eigenvalue weighted by atomic mass is 79.9. The molecule has 1 aliphatic rings. The topological polar surface area (TPSA) is 29.5 Å². The van der Waals surface area contributed by atoms with E-state index in [1.165, 1.54) is 0 Å². The summed E-state index contributed by atoms with van der Waals surface area (Å²) in [5.74, 6) is 0.0771. The number of rotatable bonds is 1. The van der Waals surface area contributed by atoms with Gasteiger partial charge in [-0.2, -0.15) is 0 Å². The Labute approximate surface area is 110 Å². The van der Waals surface area contributed by atoms with Crippen LogP contribution in [0.5, 0.6) is 0 Å². The fourth-order valence-corrected chi connectivity index (χ4v) is 2.55. The number of hydrogen-bond donors (Lipinski definition) is 0. The molecule has 0 N–H and O–H groups in total. The van der Waals surface area contributed by atoms with E-state index in [4.69, 9.17) is 4.74 Å². The van der Waals surface area contributed by atoms with Gasteiger partial charge in [0, 0.05) is 23.1 Å².